The monoisotopic (exact) mass is 1250 g/mol. The van der Waals surface area contributed by atoms with Gasteiger partial charge in [0.1, 0.15) is 48.3 Å². The molecule has 24 nitrogen and oxygen atoms in total. The molecule has 2 aliphatic rings. The number of H-pyrrole nitrogens is 3. The maximum Gasteiger partial charge on any atom is 0.326 e. The molecule has 474 valence electrons. The molecule has 2 fully saturated rings. The van der Waals surface area contributed by atoms with Gasteiger partial charge >= 0.3 is 5.97 Å². The van der Waals surface area contributed by atoms with E-state index in [0.717, 1.165) is 21.8 Å². The third kappa shape index (κ3) is 16.7. The number of likely N-dealkylation sites (tertiary alicyclic amines) is 2. The summed E-state index contributed by atoms with van der Waals surface area (Å²) in [6.45, 7) is 0.701. The number of thiol groups is 1. The topological polar surface area (TPSA) is 365 Å². The summed E-state index contributed by atoms with van der Waals surface area (Å²) in [4.78, 5) is 145. The number of aromatic amines is 3. The first kappa shape index (κ1) is 65.1. The molecule has 90 heavy (non-hydrogen) atoms. The van der Waals surface area contributed by atoms with Gasteiger partial charge in [-0.05, 0) is 79.5 Å². The SMILES string of the molecule is NCCCC[C@H](N)C(=O)N[C@@H](CS)C(=O)N[C@@H](Cc1cnc[nH]1)C(=O)N[C@@H](Cc1ccccc1)C(=O)N[C@@H](Cc1c[nH]c2ccccc12)C(=O)N1CCC[C@H]1C(=O)N[C@@H](Cc1ccccc1)C(=O)N1CCC[C@H]1C(=O)N[C@@H](Cc1c[nH]c2ccccc12)C(=O)O. The number of fused-ring (bicyclic) bond motifs is 2. The lowest BCUT2D eigenvalue weighted by Gasteiger charge is -2.32. The molecule has 0 bridgehead atoms. The highest BCUT2D eigenvalue weighted by molar-refractivity contribution is 7.80. The van der Waals surface area contributed by atoms with Gasteiger partial charge in [0.2, 0.25) is 47.3 Å². The molecule has 0 saturated carbocycles. The molecule has 25 heteroatoms. The molecule has 9 rings (SSSR count). The number of carboxylic acid groups (broad SMARTS) is 1. The Bertz CT molecular complexity index is 3620. The number of hydrogen-bond acceptors (Lipinski definition) is 13. The summed E-state index contributed by atoms with van der Waals surface area (Å²) in [5.41, 5.74) is 16.5. The van der Waals surface area contributed by atoms with Gasteiger partial charge in [0.15, 0.2) is 0 Å². The molecular weight excluding hydrogens is 1170 g/mol. The zero-order chi connectivity index (χ0) is 63.7. The smallest absolute Gasteiger partial charge is 0.326 e. The van der Waals surface area contributed by atoms with Crippen LogP contribution in [-0.4, -0.2) is 168 Å². The van der Waals surface area contributed by atoms with E-state index < -0.39 is 108 Å². The first-order chi connectivity index (χ1) is 43.6. The third-order valence-corrected chi connectivity index (χ3v) is 17.0. The van der Waals surface area contributed by atoms with E-state index in [1.54, 1.807) is 67.0 Å². The lowest BCUT2D eigenvalue weighted by molar-refractivity contribution is -0.145. The molecule has 8 amide bonds. The van der Waals surface area contributed by atoms with E-state index in [1.165, 1.54) is 22.3 Å². The highest BCUT2D eigenvalue weighted by atomic mass is 32.1. The number of aromatic nitrogens is 4. The maximum absolute atomic E-state index is 15.4. The van der Waals surface area contributed by atoms with Gasteiger partial charge in [0, 0.05) is 97.0 Å². The van der Waals surface area contributed by atoms with Crippen molar-refractivity contribution in [3.63, 3.8) is 0 Å². The number of benzene rings is 4. The first-order valence-electron chi connectivity index (χ1n) is 30.5. The van der Waals surface area contributed by atoms with Crippen LogP contribution in [0.3, 0.4) is 0 Å². The van der Waals surface area contributed by atoms with E-state index in [0.29, 0.717) is 66.6 Å². The Morgan fingerprint density at radius 3 is 1.51 bits per heavy atom. The minimum atomic E-state index is -1.36. The Hall–Kier alpha value is -9.33. The Balaban J connectivity index is 0.948. The Kier molecular flexibility index (Phi) is 22.6. The minimum Gasteiger partial charge on any atom is -0.480 e. The predicted octanol–water partition coefficient (Wildman–Crippen LogP) is 2.25. The van der Waals surface area contributed by atoms with Crippen LogP contribution in [0.15, 0.2) is 134 Å². The normalized spacial score (nSPS) is 17.1. The number of rotatable bonds is 30. The molecule has 0 unspecified atom stereocenters. The molecule has 5 heterocycles. The lowest BCUT2D eigenvalue weighted by atomic mass is 10.0. The van der Waals surface area contributed by atoms with Gasteiger partial charge in [-0.2, -0.15) is 12.6 Å². The van der Waals surface area contributed by atoms with Crippen molar-refractivity contribution in [3.8, 4) is 0 Å². The number of unbranched alkanes of at least 4 members (excludes halogenated alkanes) is 1. The number of carbonyl (C=O) groups is 9. The predicted molar refractivity (Wildman–Crippen MR) is 340 cm³/mol. The summed E-state index contributed by atoms with van der Waals surface area (Å²) >= 11 is 4.33. The van der Waals surface area contributed by atoms with Crippen LogP contribution in [0, 0.1) is 0 Å². The summed E-state index contributed by atoms with van der Waals surface area (Å²) < 4.78 is 0. The van der Waals surface area contributed by atoms with Crippen molar-refractivity contribution in [2.24, 2.45) is 11.5 Å². The second-order valence-corrected chi connectivity index (χ2v) is 23.3. The lowest BCUT2D eigenvalue weighted by Crippen LogP contribution is -2.61. The molecule has 0 spiro atoms. The summed E-state index contributed by atoms with van der Waals surface area (Å²) in [5.74, 6) is -6.70. The van der Waals surface area contributed by atoms with E-state index >= 15 is 9.59 Å². The van der Waals surface area contributed by atoms with E-state index in [4.69, 9.17) is 11.5 Å². The number of imidazole rings is 1. The number of carboxylic acids is 1. The van der Waals surface area contributed by atoms with Gasteiger partial charge in [0.25, 0.3) is 0 Å². The zero-order valence-corrected chi connectivity index (χ0v) is 50.7. The fraction of sp³-hybridized carbons (Fsp3) is 0.385. The van der Waals surface area contributed by atoms with Crippen molar-refractivity contribution in [3.05, 3.63) is 162 Å². The van der Waals surface area contributed by atoms with E-state index in [2.05, 4.69) is 64.5 Å². The van der Waals surface area contributed by atoms with Gasteiger partial charge in [0.05, 0.1) is 12.4 Å². The van der Waals surface area contributed by atoms with Crippen LogP contribution in [0.1, 0.15) is 72.9 Å². The van der Waals surface area contributed by atoms with Crippen LogP contribution in [0.4, 0.5) is 0 Å². The maximum atomic E-state index is 15.4. The van der Waals surface area contributed by atoms with Crippen molar-refractivity contribution in [2.45, 2.75) is 131 Å². The standard InChI is InChI=1S/C65H78N14O10S/c66-26-12-11-21-46(67)57(80)77-54(37-90)60(83)73-50(33-43-36-68-38-71-43)59(82)72-49(29-39-15-3-1-4-16-39)58(81)74-52(31-41-34-69-47-22-9-7-19-44(41)47)64(87)79-28-13-24-55(79)61(84)75-51(30-40-17-5-2-6-18-40)63(86)78-27-14-25-56(78)62(85)76-53(65(88)89)32-42-35-70-48-23-10-8-20-45(42)48/h1-10,15-20,22-23,34-36,38,46,49-56,69-70,90H,11-14,21,24-33,37,66-67H2,(H,68,71)(H,72,82)(H,73,83)(H,74,81)(H,75,84)(H,76,85)(H,77,80)(H,88,89)/t46-,49-,50-,51-,52-,53-,54-,55-,56-/m0/s1. The highest BCUT2D eigenvalue weighted by Gasteiger charge is 2.43. The number of nitrogens with one attached hydrogen (secondary N) is 9. The van der Waals surface area contributed by atoms with Gasteiger partial charge in [-0.3, -0.25) is 38.4 Å². The average molecular weight is 1250 g/mol. The minimum absolute atomic E-state index is 0.0176. The number of hydrogen-bond donors (Lipinski definition) is 13. The van der Waals surface area contributed by atoms with Crippen LogP contribution in [-0.2, 0) is 75.3 Å². The summed E-state index contributed by atoms with van der Waals surface area (Å²) in [6, 6.07) is 21.9. The fourth-order valence-corrected chi connectivity index (χ4v) is 12.1. The van der Waals surface area contributed by atoms with Crippen molar-refractivity contribution in [1.29, 1.82) is 0 Å². The number of nitrogens with two attached hydrogens (primary N) is 2. The molecule has 0 radical (unpaired) electrons. The molecule has 7 aromatic rings. The van der Waals surface area contributed by atoms with Crippen LogP contribution in [0.25, 0.3) is 21.8 Å². The molecule has 2 saturated heterocycles. The molecule has 3 aromatic heterocycles. The molecule has 2 aliphatic heterocycles. The van der Waals surface area contributed by atoms with Gasteiger partial charge in [-0.1, -0.05) is 103 Å². The largest absolute Gasteiger partial charge is 0.480 e. The molecule has 14 N–H and O–H groups in total. The first-order valence-corrected chi connectivity index (χ1v) is 31.1. The fourth-order valence-electron chi connectivity index (χ4n) is 11.8. The molecular formula is C65H78N14O10S. The van der Waals surface area contributed by atoms with Crippen molar-refractivity contribution >= 4 is 87.7 Å². The van der Waals surface area contributed by atoms with Crippen LogP contribution < -0.4 is 43.4 Å². The Morgan fingerprint density at radius 1 is 0.544 bits per heavy atom. The van der Waals surface area contributed by atoms with Crippen molar-refractivity contribution < 1.29 is 48.3 Å². The van der Waals surface area contributed by atoms with E-state index in [1.807, 2.05) is 54.6 Å². The van der Waals surface area contributed by atoms with Crippen LogP contribution >= 0.6 is 12.6 Å². The molecule has 4 aromatic carbocycles. The third-order valence-electron chi connectivity index (χ3n) is 16.7. The Morgan fingerprint density at radius 2 is 1.00 bits per heavy atom. The molecule has 0 aliphatic carbocycles. The summed E-state index contributed by atoms with van der Waals surface area (Å²) in [5, 5.41) is 28.7. The van der Waals surface area contributed by atoms with Crippen LogP contribution in [0.2, 0.25) is 0 Å². The summed E-state index contributed by atoms with van der Waals surface area (Å²) in [7, 11) is 0. The molecule has 9 atom stereocenters. The van der Waals surface area contributed by atoms with Gasteiger partial charge in [-0.25, -0.2) is 9.78 Å². The zero-order valence-electron chi connectivity index (χ0n) is 49.8. The van der Waals surface area contributed by atoms with E-state index in [9.17, 15) is 38.7 Å². The average Bonchev–Trinajstić information content (AvgIpc) is 1.74. The van der Waals surface area contributed by atoms with Crippen LogP contribution in [0.5, 0.6) is 0 Å². The highest BCUT2D eigenvalue weighted by Crippen LogP contribution is 2.26. The number of nitrogens with zero attached hydrogens (tertiary/aromatic N) is 3. The quantitative estimate of drug-likeness (QED) is 0.0227. The second-order valence-electron chi connectivity index (χ2n) is 22.9. The summed E-state index contributed by atoms with van der Waals surface area (Å²) in [6.07, 6.45) is 8.97. The number of para-hydroxylation sites is 2. The van der Waals surface area contributed by atoms with Gasteiger partial charge < -0.3 is 73.2 Å². The number of carbonyl (C=O) groups excluding carboxylic acids is 8. The van der Waals surface area contributed by atoms with Gasteiger partial charge in [-0.15, -0.1) is 0 Å². The van der Waals surface area contributed by atoms with Crippen molar-refractivity contribution in [1.82, 2.24) is 61.6 Å². The Labute approximate surface area is 525 Å². The van der Waals surface area contributed by atoms with Crippen molar-refractivity contribution in [2.75, 3.05) is 25.4 Å². The number of amides is 8. The van der Waals surface area contributed by atoms with E-state index in [-0.39, 0.29) is 63.8 Å². The second kappa shape index (κ2) is 31.2. The number of aliphatic carboxylic acids is 1.